The number of carbonyl (C=O) groups excluding carboxylic acids is 2. The van der Waals surface area contributed by atoms with Gasteiger partial charge in [-0.25, -0.2) is 9.59 Å². The van der Waals surface area contributed by atoms with E-state index in [1.807, 2.05) is 116 Å². The SMILES string of the molecule is C=CCN(C)C[C@H]1C[C@@H](c2ccc(CO)cc2)O[C@@H](c2ccc(-c3ccccc3CNC(=O)N[C@@H](Cc3ccccc3)C(=O)OC)cc2)O1. The number of carbonyl (C=O) groups is 2. The van der Waals surface area contributed by atoms with Crippen LogP contribution in [0.4, 0.5) is 4.79 Å². The van der Waals surface area contributed by atoms with Crippen LogP contribution >= 0.6 is 0 Å². The maximum Gasteiger partial charge on any atom is 0.328 e. The second-order valence-corrected chi connectivity index (χ2v) is 12.2. The van der Waals surface area contributed by atoms with E-state index < -0.39 is 24.3 Å². The number of aliphatic hydroxyl groups excluding tert-OH is 1. The van der Waals surface area contributed by atoms with Gasteiger partial charge in [-0.3, -0.25) is 0 Å². The molecule has 49 heavy (non-hydrogen) atoms. The van der Waals surface area contributed by atoms with E-state index >= 15 is 0 Å². The summed E-state index contributed by atoms with van der Waals surface area (Å²) in [5.41, 5.74) is 6.59. The lowest BCUT2D eigenvalue weighted by molar-refractivity contribution is -0.252. The molecule has 2 amide bonds. The molecule has 5 rings (SSSR count). The number of aliphatic hydroxyl groups is 1. The van der Waals surface area contributed by atoms with Crippen LogP contribution in [-0.2, 0) is 38.6 Å². The molecule has 3 N–H and O–H groups in total. The summed E-state index contributed by atoms with van der Waals surface area (Å²) in [6.45, 7) is 5.60. The highest BCUT2D eigenvalue weighted by Crippen LogP contribution is 2.38. The third kappa shape index (κ3) is 9.87. The molecule has 1 heterocycles. The minimum Gasteiger partial charge on any atom is -0.467 e. The third-order valence-corrected chi connectivity index (χ3v) is 8.60. The summed E-state index contributed by atoms with van der Waals surface area (Å²) in [7, 11) is 3.36. The summed E-state index contributed by atoms with van der Waals surface area (Å²) in [4.78, 5) is 27.5. The second kappa shape index (κ2) is 17.6. The normalized spacial score (nSPS) is 18.0. The molecule has 256 valence electrons. The van der Waals surface area contributed by atoms with Gasteiger partial charge in [-0.1, -0.05) is 109 Å². The molecule has 9 heteroatoms. The van der Waals surface area contributed by atoms with Gasteiger partial charge >= 0.3 is 12.0 Å². The van der Waals surface area contributed by atoms with Crippen molar-refractivity contribution in [2.75, 3.05) is 27.2 Å². The first-order valence-corrected chi connectivity index (χ1v) is 16.5. The van der Waals surface area contributed by atoms with Gasteiger partial charge in [0.2, 0.25) is 0 Å². The first-order chi connectivity index (χ1) is 23.9. The van der Waals surface area contributed by atoms with Crippen molar-refractivity contribution in [1.29, 1.82) is 0 Å². The number of amides is 2. The molecule has 0 radical (unpaired) electrons. The van der Waals surface area contributed by atoms with E-state index in [4.69, 9.17) is 14.2 Å². The largest absolute Gasteiger partial charge is 0.467 e. The smallest absolute Gasteiger partial charge is 0.328 e. The lowest BCUT2D eigenvalue weighted by Crippen LogP contribution is -2.47. The molecule has 1 aliphatic rings. The topological polar surface area (TPSA) is 109 Å². The van der Waals surface area contributed by atoms with Crippen LogP contribution in [0, 0.1) is 0 Å². The zero-order chi connectivity index (χ0) is 34.6. The molecule has 0 bridgehead atoms. The standard InChI is InChI=1S/C40H45N3O6/c1-4-22-43(2)26-34-24-37(31-16-14-29(27-44)15-17-31)49-39(48-34)32-20-18-30(19-21-32)35-13-9-8-12-33(35)25-41-40(46)42-36(38(45)47-3)23-28-10-6-5-7-11-28/h4-21,34,36-37,39,44H,1,22-27H2,2-3H3,(H2,41,42,46)/t34-,36+,37+,39+/m1/s1. The molecule has 9 nitrogen and oxygen atoms in total. The number of urea groups is 1. The fraction of sp³-hybridized carbons (Fsp3) is 0.300. The number of benzene rings is 4. The number of hydrogen-bond donors (Lipinski definition) is 3. The van der Waals surface area contributed by atoms with Crippen LogP contribution < -0.4 is 10.6 Å². The van der Waals surface area contributed by atoms with Crippen LogP contribution in [0.5, 0.6) is 0 Å². The van der Waals surface area contributed by atoms with Gasteiger partial charge in [-0.2, -0.15) is 0 Å². The lowest BCUT2D eigenvalue weighted by atomic mass is 9.97. The van der Waals surface area contributed by atoms with Crippen LogP contribution in [0.3, 0.4) is 0 Å². The Hall–Kier alpha value is -4.80. The molecule has 1 saturated heterocycles. The van der Waals surface area contributed by atoms with Crippen molar-refractivity contribution in [2.24, 2.45) is 0 Å². The van der Waals surface area contributed by atoms with Gasteiger partial charge in [-0.05, 0) is 40.4 Å². The minimum atomic E-state index is -0.819. The molecular formula is C40H45N3O6. The fourth-order valence-electron chi connectivity index (χ4n) is 6.02. The van der Waals surface area contributed by atoms with E-state index in [1.54, 1.807) is 0 Å². The van der Waals surface area contributed by atoms with E-state index in [2.05, 4.69) is 22.1 Å². The van der Waals surface area contributed by atoms with Crippen LogP contribution in [0.1, 0.15) is 46.6 Å². The first-order valence-electron chi connectivity index (χ1n) is 16.5. The van der Waals surface area contributed by atoms with E-state index in [0.29, 0.717) is 12.8 Å². The van der Waals surface area contributed by atoms with E-state index in [1.165, 1.54) is 7.11 Å². The Balaban J connectivity index is 1.27. The number of ether oxygens (including phenoxy) is 3. The maximum absolute atomic E-state index is 12.9. The number of rotatable bonds is 14. The Labute approximate surface area is 288 Å². The summed E-state index contributed by atoms with van der Waals surface area (Å²) >= 11 is 0. The molecule has 1 fully saturated rings. The van der Waals surface area contributed by atoms with Gasteiger partial charge < -0.3 is 34.9 Å². The zero-order valence-electron chi connectivity index (χ0n) is 28.1. The average molecular weight is 664 g/mol. The summed E-state index contributed by atoms with van der Waals surface area (Å²) < 4.78 is 17.9. The highest BCUT2D eigenvalue weighted by atomic mass is 16.7. The van der Waals surface area contributed by atoms with Gasteiger partial charge in [0.15, 0.2) is 6.29 Å². The Bertz CT molecular complexity index is 1660. The molecule has 0 saturated carbocycles. The van der Waals surface area contributed by atoms with Crippen molar-refractivity contribution in [1.82, 2.24) is 15.5 Å². The summed E-state index contributed by atoms with van der Waals surface area (Å²) in [6, 6.07) is 32.1. The third-order valence-electron chi connectivity index (χ3n) is 8.60. The van der Waals surface area contributed by atoms with Crippen molar-refractivity contribution < 1.29 is 28.9 Å². The monoisotopic (exact) mass is 663 g/mol. The average Bonchev–Trinajstić information content (AvgIpc) is 3.14. The lowest BCUT2D eigenvalue weighted by Gasteiger charge is -2.37. The van der Waals surface area contributed by atoms with Crippen molar-refractivity contribution in [3.63, 3.8) is 0 Å². The Morgan fingerprint density at radius 1 is 0.939 bits per heavy atom. The zero-order valence-corrected chi connectivity index (χ0v) is 28.1. The van der Waals surface area contributed by atoms with Gasteiger partial charge in [-0.15, -0.1) is 6.58 Å². The summed E-state index contributed by atoms with van der Waals surface area (Å²) in [5.74, 6) is -0.508. The minimum absolute atomic E-state index is 0.00410. The van der Waals surface area contributed by atoms with E-state index in [-0.39, 0.29) is 25.4 Å². The van der Waals surface area contributed by atoms with Gasteiger partial charge in [0, 0.05) is 38.0 Å². The molecule has 4 atom stereocenters. The van der Waals surface area contributed by atoms with Crippen LogP contribution in [0.15, 0.2) is 116 Å². The molecule has 1 aliphatic heterocycles. The highest BCUT2D eigenvalue weighted by molar-refractivity contribution is 5.84. The van der Waals surface area contributed by atoms with Crippen LogP contribution in [-0.4, -0.2) is 61.4 Å². The molecule has 4 aromatic rings. The fourth-order valence-corrected chi connectivity index (χ4v) is 6.02. The summed E-state index contributed by atoms with van der Waals surface area (Å²) in [5, 5.41) is 15.2. The van der Waals surface area contributed by atoms with Crippen LogP contribution in [0.25, 0.3) is 11.1 Å². The van der Waals surface area contributed by atoms with E-state index in [9.17, 15) is 14.7 Å². The molecule has 0 aliphatic carbocycles. The van der Waals surface area contributed by atoms with Gasteiger partial charge in [0.25, 0.3) is 0 Å². The van der Waals surface area contributed by atoms with Crippen molar-refractivity contribution in [2.45, 2.75) is 50.5 Å². The number of likely N-dealkylation sites (N-methyl/N-ethyl adjacent to an activating group) is 1. The predicted octanol–water partition coefficient (Wildman–Crippen LogP) is 6.09. The molecule has 0 unspecified atom stereocenters. The predicted molar refractivity (Wildman–Crippen MR) is 189 cm³/mol. The highest BCUT2D eigenvalue weighted by Gasteiger charge is 2.32. The van der Waals surface area contributed by atoms with Crippen molar-refractivity contribution in [3.8, 4) is 11.1 Å². The van der Waals surface area contributed by atoms with Crippen LogP contribution in [0.2, 0.25) is 0 Å². The molecule has 0 aromatic heterocycles. The number of methoxy groups -OCH3 is 1. The number of nitrogens with one attached hydrogen (secondary N) is 2. The molecular weight excluding hydrogens is 618 g/mol. The number of nitrogens with zero attached hydrogens (tertiary/aromatic N) is 1. The quantitative estimate of drug-likeness (QED) is 0.111. The van der Waals surface area contributed by atoms with Crippen molar-refractivity contribution >= 4 is 12.0 Å². The van der Waals surface area contributed by atoms with Crippen molar-refractivity contribution in [3.05, 3.63) is 144 Å². The first kappa shape index (κ1) is 35.5. The second-order valence-electron chi connectivity index (χ2n) is 12.2. The summed E-state index contributed by atoms with van der Waals surface area (Å²) in [6.07, 6.45) is 2.11. The molecule has 0 spiro atoms. The Morgan fingerprint density at radius 2 is 1.63 bits per heavy atom. The number of esters is 1. The van der Waals surface area contributed by atoms with E-state index in [0.717, 1.165) is 52.0 Å². The maximum atomic E-state index is 12.9. The van der Waals surface area contributed by atoms with Gasteiger partial charge in [0.05, 0.1) is 25.9 Å². The van der Waals surface area contributed by atoms with Gasteiger partial charge in [0.1, 0.15) is 6.04 Å². The Morgan fingerprint density at radius 3 is 2.33 bits per heavy atom. The number of hydrogen-bond acceptors (Lipinski definition) is 7. The Kier molecular flexibility index (Phi) is 12.7. The molecule has 4 aromatic carbocycles.